The third kappa shape index (κ3) is 4.31. The van der Waals surface area contributed by atoms with Crippen molar-refractivity contribution in [1.29, 1.82) is 0 Å². The van der Waals surface area contributed by atoms with Gasteiger partial charge in [0.25, 0.3) is 5.91 Å². The summed E-state index contributed by atoms with van der Waals surface area (Å²) in [6, 6.07) is 10.4. The number of anilines is 1. The molecule has 7 heteroatoms. The van der Waals surface area contributed by atoms with Crippen LogP contribution in [0.1, 0.15) is 60.0 Å². The largest absolute Gasteiger partial charge is 0.320 e. The van der Waals surface area contributed by atoms with E-state index in [0.29, 0.717) is 11.4 Å². The Kier molecular flexibility index (Phi) is 5.72. The molecular weight excluding hydrogens is 376 g/mol. The maximum absolute atomic E-state index is 12.9. The summed E-state index contributed by atoms with van der Waals surface area (Å²) in [4.78, 5) is 12.9. The summed E-state index contributed by atoms with van der Waals surface area (Å²) in [5, 5.41) is 18.1. The van der Waals surface area contributed by atoms with E-state index < -0.39 is 0 Å². The monoisotopic (exact) mass is 406 g/mol. The summed E-state index contributed by atoms with van der Waals surface area (Å²) < 4.78 is 1.92. The van der Waals surface area contributed by atoms with Crippen molar-refractivity contribution in [2.45, 2.75) is 45.6 Å². The van der Waals surface area contributed by atoms with Crippen molar-refractivity contribution < 1.29 is 4.79 Å². The van der Waals surface area contributed by atoms with Gasteiger partial charge in [-0.3, -0.25) is 14.6 Å². The van der Waals surface area contributed by atoms with Crippen LogP contribution in [0, 0.1) is 5.41 Å². The Hall–Kier alpha value is -2.93. The molecule has 3 aromatic rings. The molecule has 4 rings (SSSR count). The number of rotatable bonds is 7. The van der Waals surface area contributed by atoms with Crippen LogP contribution in [-0.2, 0) is 12.8 Å². The molecule has 1 atom stereocenters. The van der Waals surface area contributed by atoms with Gasteiger partial charge < -0.3 is 10.6 Å². The molecule has 1 unspecified atom stereocenters. The van der Waals surface area contributed by atoms with Crippen molar-refractivity contribution in [3.63, 3.8) is 0 Å². The Balaban J connectivity index is 1.50. The summed E-state index contributed by atoms with van der Waals surface area (Å²) in [6.45, 7) is 5.38. The number of hydrogen-bond donors (Lipinski definition) is 3. The predicted octanol–water partition coefficient (Wildman–Crippen LogP) is 3.57. The molecule has 1 aliphatic carbocycles. The van der Waals surface area contributed by atoms with Crippen LogP contribution in [0.3, 0.4) is 0 Å². The number of aromatic nitrogens is 4. The van der Waals surface area contributed by atoms with E-state index in [2.05, 4.69) is 51.9 Å². The van der Waals surface area contributed by atoms with Crippen LogP contribution in [-0.4, -0.2) is 39.5 Å². The summed E-state index contributed by atoms with van der Waals surface area (Å²) >= 11 is 0. The normalized spacial score (nSPS) is 16.1. The smallest absolute Gasteiger partial charge is 0.276 e. The molecule has 7 nitrogen and oxygen atoms in total. The second-order valence-corrected chi connectivity index (χ2v) is 8.85. The van der Waals surface area contributed by atoms with Gasteiger partial charge in [0.2, 0.25) is 0 Å². The van der Waals surface area contributed by atoms with Crippen molar-refractivity contribution in [2.75, 3.05) is 18.9 Å². The van der Waals surface area contributed by atoms with Crippen LogP contribution >= 0.6 is 0 Å². The van der Waals surface area contributed by atoms with Crippen molar-refractivity contribution in [1.82, 2.24) is 25.3 Å². The third-order valence-electron chi connectivity index (χ3n) is 5.91. The molecule has 1 amide bonds. The molecule has 0 fully saturated rings. The Morgan fingerprint density at radius 1 is 1.30 bits per heavy atom. The number of carbonyl (C=O) groups excluding carboxylic acids is 1. The lowest BCUT2D eigenvalue weighted by Crippen LogP contribution is -2.23. The minimum atomic E-state index is -0.182. The summed E-state index contributed by atoms with van der Waals surface area (Å²) in [5.41, 5.74) is 4.76. The van der Waals surface area contributed by atoms with Gasteiger partial charge in [0.15, 0.2) is 5.69 Å². The number of benzene rings is 1. The molecule has 3 N–H and O–H groups in total. The van der Waals surface area contributed by atoms with Gasteiger partial charge in [-0.05, 0) is 50.3 Å². The minimum absolute atomic E-state index is 0.102. The van der Waals surface area contributed by atoms with E-state index in [1.807, 2.05) is 36.1 Å². The Morgan fingerprint density at radius 2 is 2.10 bits per heavy atom. The fourth-order valence-corrected chi connectivity index (χ4v) is 4.21. The number of fused-ring (bicyclic) bond motifs is 1. The molecule has 158 valence electrons. The van der Waals surface area contributed by atoms with Crippen molar-refractivity contribution in [2.24, 2.45) is 5.41 Å². The van der Waals surface area contributed by atoms with Gasteiger partial charge in [-0.1, -0.05) is 44.2 Å². The van der Waals surface area contributed by atoms with Crippen molar-refractivity contribution in [3.8, 4) is 0 Å². The number of amides is 1. The van der Waals surface area contributed by atoms with Crippen molar-refractivity contribution >= 4 is 11.6 Å². The summed E-state index contributed by atoms with van der Waals surface area (Å²) in [7, 11) is 1.95. The first kappa shape index (κ1) is 20.3. The zero-order chi connectivity index (χ0) is 21.1. The van der Waals surface area contributed by atoms with Gasteiger partial charge >= 0.3 is 0 Å². The highest BCUT2D eigenvalue weighted by Crippen LogP contribution is 2.35. The summed E-state index contributed by atoms with van der Waals surface area (Å²) in [5.74, 6) is -0.182. The quantitative estimate of drug-likeness (QED) is 0.560. The summed E-state index contributed by atoms with van der Waals surface area (Å²) in [6.07, 6.45) is 7.36. The SMILES string of the molecule is CNCCC(c1ccccc1)n1cc(NC(=O)c2n[nH]c3c2CCC(C)(C)C3)cn1. The van der Waals surface area contributed by atoms with Gasteiger partial charge in [-0.2, -0.15) is 10.2 Å². The number of H-pyrrole nitrogens is 1. The average Bonchev–Trinajstić information content (AvgIpc) is 3.35. The standard InChI is InChI=1S/C23H30N6O/c1-23(2)11-9-18-19(13-23)27-28-21(18)22(30)26-17-14-25-29(15-17)20(10-12-24-3)16-7-5-4-6-8-16/h4-8,14-15,20,24H,9-13H2,1-3H3,(H,26,30)(H,27,28). The Bertz CT molecular complexity index is 1000. The van der Waals surface area contributed by atoms with Crippen molar-refractivity contribution in [3.05, 3.63) is 65.2 Å². The predicted molar refractivity (Wildman–Crippen MR) is 118 cm³/mol. The van der Waals surface area contributed by atoms with E-state index >= 15 is 0 Å². The molecule has 1 aliphatic rings. The first-order valence-electron chi connectivity index (χ1n) is 10.6. The van der Waals surface area contributed by atoms with E-state index in [1.165, 1.54) is 5.56 Å². The average molecular weight is 407 g/mol. The number of carbonyl (C=O) groups is 1. The van der Waals surface area contributed by atoms with Crippen LogP contribution in [0.15, 0.2) is 42.7 Å². The first-order chi connectivity index (χ1) is 14.5. The van der Waals surface area contributed by atoms with Crippen LogP contribution in [0.2, 0.25) is 0 Å². The lowest BCUT2D eigenvalue weighted by atomic mass is 9.76. The Morgan fingerprint density at radius 3 is 2.87 bits per heavy atom. The van der Waals surface area contributed by atoms with E-state index in [-0.39, 0.29) is 17.4 Å². The minimum Gasteiger partial charge on any atom is -0.320 e. The molecule has 1 aromatic carbocycles. The van der Waals surface area contributed by atoms with Gasteiger partial charge in [0.05, 0.1) is 17.9 Å². The maximum Gasteiger partial charge on any atom is 0.276 e. The molecule has 30 heavy (non-hydrogen) atoms. The maximum atomic E-state index is 12.9. The van der Waals surface area contributed by atoms with Crippen LogP contribution in [0.4, 0.5) is 5.69 Å². The number of hydrogen-bond acceptors (Lipinski definition) is 4. The van der Waals surface area contributed by atoms with Gasteiger partial charge in [0.1, 0.15) is 0 Å². The number of nitrogens with zero attached hydrogens (tertiary/aromatic N) is 3. The zero-order valence-corrected chi connectivity index (χ0v) is 17.9. The van der Waals surface area contributed by atoms with E-state index in [4.69, 9.17) is 0 Å². The molecule has 0 bridgehead atoms. The third-order valence-corrected chi connectivity index (χ3v) is 5.91. The molecule has 0 saturated heterocycles. The highest BCUT2D eigenvalue weighted by molar-refractivity contribution is 6.03. The molecule has 0 radical (unpaired) electrons. The molecular formula is C23H30N6O. The molecule has 2 aromatic heterocycles. The fraction of sp³-hybridized carbons (Fsp3) is 0.435. The van der Waals surface area contributed by atoms with E-state index in [9.17, 15) is 4.79 Å². The highest BCUT2D eigenvalue weighted by atomic mass is 16.2. The molecule has 0 aliphatic heterocycles. The lowest BCUT2D eigenvalue weighted by Gasteiger charge is -2.28. The molecule has 2 heterocycles. The molecule has 0 spiro atoms. The van der Waals surface area contributed by atoms with Crippen LogP contribution in [0.5, 0.6) is 0 Å². The lowest BCUT2D eigenvalue weighted by molar-refractivity contribution is 0.102. The second-order valence-electron chi connectivity index (χ2n) is 8.85. The van der Waals surface area contributed by atoms with Crippen LogP contribution < -0.4 is 10.6 Å². The molecule has 0 saturated carbocycles. The van der Waals surface area contributed by atoms with Crippen LogP contribution in [0.25, 0.3) is 0 Å². The van der Waals surface area contributed by atoms with E-state index in [1.54, 1.807) is 6.20 Å². The van der Waals surface area contributed by atoms with Gasteiger partial charge in [0, 0.05) is 17.5 Å². The topological polar surface area (TPSA) is 87.6 Å². The van der Waals surface area contributed by atoms with Gasteiger partial charge in [-0.25, -0.2) is 0 Å². The number of aromatic amines is 1. The second kappa shape index (κ2) is 8.44. The number of nitrogens with one attached hydrogen (secondary N) is 3. The fourth-order valence-electron chi connectivity index (χ4n) is 4.21. The van der Waals surface area contributed by atoms with Gasteiger partial charge in [-0.15, -0.1) is 0 Å². The highest BCUT2D eigenvalue weighted by Gasteiger charge is 2.30. The zero-order valence-electron chi connectivity index (χ0n) is 17.9. The first-order valence-corrected chi connectivity index (χ1v) is 10.6. The van der Waals surface area contributed by atoms with E-state index in [0.717, 1.165) is 43.5 Å². The Labute approximate surface area is 177 Å².